The first-order valence-corrected chi connectivity index (χ1v) is 5.63. The number of aliphatic hydroxyl groups excluding tert-OH is 1. The lowest BCUT2D eigenvalue weighted by Crippen LogP contribution is -2.05. The van der Waals surface area contributed by atoms with Gasteiger partial charge in [0.1, 0.15) is 0 Å². The minimum Gasteiger partial charge on any atom is -0.364 e. The van der Waals surface area contributed by atoms with Gasteiger partial charge in [0.25, 0.3) is 0 Å². The molecule has 3 heteroatoms. The highest BCUT2D eigenvalue weighted by Gasteiger charge is 2.12. The van der Waals surface area contributed by atoms with Gasteiger partial charge in [0, 0.05) is 22.6 Å². The molecule has 1 heterocycles. The molecule has 17 heavy (non-hydrogen) atoms. The summed E-state index contributed by atoms with van der Waals surface area (Å²) < 4.78 is 2.11. The monoisotopic (exact) mass is 231 g/mol. The molecule has 2 rings (SSSR count). The number of aromatic nitrogens is 1. The molecule has 1 aromatic carbocycles. The predicted molar refractivity (Wildman–Crippen MR) is 67.2 cm³/mol. The summed E-state index contributed by atoms with van der Waals surface area (Å²) >= 11 is 0. The third kappa shape index (κ3) is 1.99. The fourth-order valence-corrected chi connectivity index (χ4v) is 2.21. The van der Waals surface area contributed by atoms with E-state index in [9.17, 15) is 10.2 Å². The van der Waals surface area contributed by atoms with E-state index in [4.69, 9.17) is 0 Å². The molecule has 1 aromatic heterocycles. The molecule has 0 atom stereocenters. The zero-order valence-electron chi connectivity index (χ0n) is 10.3. The molecule has 0 unspecified atom stereocenters. The lowest BCUT2D eigenvalue weighted by atomic mass is 10.1. The van der Waals surface area contributed by atoms with Gasteiger partial charge in [-0.15, -0.1) is 0 Å². The van der Waals surface area contributed by atoms with E-state index < -0.39 is 6.29 Å². The Labute approximate surface area is 101 Å². The van der Waals surface area contributed by atoms with Crippen molar-refractivity contribution >= 4 is 0 Å². The van der Waals surface area contributed by atoms with Crippen molar-refractivity contribution in [1.29, 1.82) is 0 Å². The molecule has 0 aliphatic heterocycles. The first kappa shape index (κ1) is 11.9. The van der Waals surface area contributed by atoms with E-state index in [1.54, 1.807) is 6.07 Å². The van der Waals surface area contributed by atoms with Crippen LogP contribution in [0.2, 0.25) is 0 Å². The summed E-state index contributed by atoms with van der Waals surface area (Å²) in [6.45, 7) is 5.98. The van der Waals surface area contributed by atoms with Crippen molar-refractivity contribution < 1.29 is 10.2 Å². The average molecular weight is 231 g/mol. The largest absolute Gasteiger partial charge is 0.364 e. The van der Waals surface area contributed by atoms with E-state index in [1.165, 1.54) is 0 Å². The zero-order chi connectivity index (χ0) is 12.6. The topological polar surface area (TPSA) is 45.4 Å². The van der Waals surface area contributed by atoms with Crippen LogP contribution in [0.1, 0.15) is 28.8 Å². The normalized spacial score (nSPS) is 11.2. The number of nitrogens with zero attached hydrogens (tertiary/aromatic N) is 1. The van der Waals surface area contributed by atoms with Crippen LogP contribution in [0.25, 0.3) is 5.69 Å². The van der Waals surface area contributed by atoms with Gasteiger partial charge in [-0.2, -0.15) is 0 Å². The second-order valence-electron chi connectivity index (χ2n) is 4.32. The second-order valence-corrected chi connectivity index (χ2v) is 4.32. The number of benzene rings is 1. The van der Waals surface area contributed by atoms with Gasteiger partial charge in [0.2, 0.25) is 0 Å². The molecule has 0 amide bonds. The molecule has 0 saturated heterocycles. The van der Waals surface area contributed by atoms with Crippen LogP contribution in [0.5, 0.6) is 0 Å². The maximum Gasteiger partial charge on any atom is 0.178 e. The quantitative estimate of drug-likeness (QED) is 0.779. The van der Waals surface area contributed by atoms with Gasteiger partial charge in [-0.1, -0.05) is 12.1 Å². The number of hydrogen-bond donors (Lipinski definition) is 2. The Balaban J connectivity index is 2.65. The summed E-state index contributed by atoms with van der Waals surface area (Å²) in [6, 6.07) is 9.67. The fourth-order valence-electron chi connectivity index (χ4n) is 2.21. The van der Waals surface area contributed by atoms with Crippen molar-refractivity contribution in [3.8, 4) is 5.69 Å². The van der Waals surface area contributed by atoms with Gasteiger partial charge in [0.05, 0.1) is 0 Å². The Morgan fingerprint density at radius 1 is 0.941 bits per heavy atom. The van der Waals surface area contributed by atoms with E-state index in [0.717, 1.165) is 22.6 Å². The van der Waals surface area contributed by atoms with Crippen LogP contribution < -0.4 is 0 Å². The minimum atomic E-state index is -1.42. The molecule has 0 bridgehead atoms. The summed E-state index contributed by atoms with van der Waals surface area (Å²) in [5.74, 6) is 0. The smallest absolute Gasteiger partial charge is 0.178 e. The van der Waals surface area contributed by atoms with E-state index in [0.29, 0.717) is 5.56 Å². The van der Waals surface area contributed by atoms with E-state index in [1.807, 2.05) is 32.9 Å². The Kier molecular flexibility index (Phi) is 3.05. The lowest BCUT2D eigenvalue weighted by Gasteiger charge is -2.16. The number of rotatable bonds is 2. The molecule has 0 saturated carbocycles. The highest BCUT2D eigenvalue weighted by molar-refractivity contribution is 5.48. The Hall–Kier alpha value is -1.58. The molecular weight excluding hydrogens is 214 g/mol. The second kappa shape index (κ2) is 4.35. The SMILES string of the molecule is Cc1c(C(O)O)cccc1-n1c(C)ccc1C. The molecule has 2 N–H and O–H groups in total. The number of aliphatic hydroxyl groups is 2. The van der Waals surface area contributed by atoms with Gasteiger partial charge in [0.15, 0.2) is 6.29 Å². The third-order valence-electron chi connectivity index (χ3n) is 3.14. The van der Waals surface area contributed by atoms with Crippen molar-refractivity contribution in [3.63, 3.8) is 0 Å². The van der Waals surface area contributed by atoms with Crippen LogP contribution in [-0.2, 0) is 0 Å². The third-order valence-corrected chi connectivity index (χ3v) is 3.14. The van der Waals surface area contributed by atoms with Crippen LogP contribution >= 0.6 is 0 Å². The van der Waals surface area contributed by atoms with Crippen LogP contribution in [0, 0.1) is 20.8 Å². The summed E-state index contributed by atoms with van der Waals surface area (Å²) in [5.41, 5.74) is 4.71. The van der Waals surface area contributed by atoms with Gasteiger partial charge in [-0.3, -0.25) is 0 Å². The summed E-state index contributed by atoms with van der Waals surface area (Å²) in [4.78, 5) is 0. The average Bonchev–Trinajstić information content (AvgIpc) is 2.59. The molecular formula is C14H17NO2. The lowest BCUT2D eigenvalue weighted by molar-refractivity contribution is -0.0429. The zero-order valence-corrected chi connectivity index (χ0v) is 10.3. The van der Waals surface area contributed by atoms with Gasteiger partial charge in [-0.25, -0.2) is 0 Å². The summed E-state index contributed by atoms with van der Waals surface area (Å²) in [7, 11) is 0. The molecule has 0 spiro atoms. The summed E-state index contributed by atoms with van der Waals surface area (Å²) in [6.07, 6.45) is -1.42. The maximum atomic E-state index is 9.31. The first-order chi connectivity index (χ1) is 8.02. The van der Waals surface area contributed by atoms with Crippen molar-refractivity contribution in [1.82, 2.24) is 4.57 Å². The molecule has 3 nitrogen and oxygen atoms in total. The Morgan fingerprint density at radius 2 is 1.53 bits per heavy atom. The van der Waals surface area contributed by atoms with Gasteiger partial charge in [-0.05, 0) is 44.5 Å². The first-order valence-electron chi connectivity index (χ1n) is 5.63. The number of hydrogen-bond acceptors (Lipinski definition) is 2. The van der Waals surface area contributed by atoms with Crippen LogP contribution in [-0.4, -0.2) is 14.8 Å². The molecule has 2 aromatic rings. The molecule has 0 aliphatic rings. The highest BCUT2D eigenvalue weighted by atomic mass is 16.5. The summed E-state index contributed by atoms with van der Waals surface area (Å²) in [5, 5.41) is 18.6. The predicted octanol–water partition coefficient (Wildman–Crippen LogP) is 2.39. The van der Waals surface area contributed by atoms with Crippen molar-refractivity contribution in [2.75, 3.05) is 0 Å². The van der Waals surface area contributed by atoms with Crippen molar-refractivity contribution in [2.45, 2.75) is 27.1 Å². The van der Waals surface area contributed by atoms with E-state index in [2.05, 4.69) is 16.7 Å². The van der Waals surface area contributed by atoms with Gasteiger partial charge < -0.3 is 14.8 Å². The van der Waals surface area contributed by atoms with Crippen molar-refractivity contribution in [2.24, 2.45) is 0 Å². The van der Waals surface area contributed by atoms with Crippen LogP contribution in [0.15, 0.2) is 30.3 Å². The Morgan fingerprint density at radius 3 is 2.06 bits per heavy atom. The fraction of sp³-hybridized carbons (Fsp3) is 0.286. The number of aryl methyl sites for hydroxylation is 2. The standard InChI is InChI=1S/C14H17NO2/c1-9-7-8-10(2)15(9)13-6-4-5-12(11(13)3)14(16)17/h4-8,14,16-17H,1-3H3. The molecule has 0 fully saturated rings. The van der Waals surface area contributed by atoms with Crippen LogP contribution in [0.4, 0.5) is 0 Å². The van der Waals surface area contributed by atoms with Crippen molar-refractivity contribution in [3.05, 3.63) is 52.8 Å². The highest BCUT2D eigenvalue weighted by Crippen LogP contribution is 2.25. The maximum absolute atomic E-state index is 9.31. The molecule has 0 aliphatic carbocycles. The van der Waals surface area contributed by atoms with E-state index in [-0.39, 0.29) is 0 Å². The minimum absolute atomic E-state index is 0.551. The molecule has 0 radical (unpaired) electrons. The van der Waals surface area contributed by atoms with Crippen LogP contribution in [0.3, 0.4) is 0 Å². The van der Waals surface area contributed by atoms with E-state index >= 15 is 0 Å². The molecule has 90 valence electrons. The van der Waals surface area contributed by atoms with Gasteiger partial charge >= 0.3 is 0 Å². The Bertz CT molecular complexity index is 522.